The van der Waals surface area contributed by atoms with Crippen LogP contribution in [0.5, 0.6) is 0 Å². The number of nitrogens with zero attached hydrogens (tertiary/aromatic N) is 1. The Kier molecular flexibility index (Phi) is 5.71. The van der Waals surface area contributed by atoms with Gasteiger partial charge in [-0.1, -0.05) is 0 Å². The highest BCUT2D eigenvalue weighted by Crippen LogP contribution is 2.22. The summed E-state index contributed by atoms with van der Waals surface area (Å²) in [6, 6.07) is 5.14. The van der Waals surface area contributed by atoms with Crippen molar-refractivity contribution >= 4 is 29.0 Å². The van der Waals surface area contributed by atoms with Crippen LogP contribution < -0.4 is 11.1 Å². The van der Waals surface area contributed by atoms with Gasteiger partial charge in [-0.05, 0) is 31.4 Å². The van der Waals surface area contributed by atoms with E-state index in [0.717, 1.165) is 5.69 Å². The molecule has 5 nitrogen and oxygen atoms in total. The molecule has 1 atom stereocenters. The molecule has 1 aromatic rings. The zero-order chi connectivity index (χ0) is 15.3. The number of carbonyl (C=O) groups is 1. The Bertz CT molecular complexity index is 475. The minimum absolute atomic E-state index is 0.0855. The first-order chi connectivity index (χ1) is 9.26. The fourth-order valence-corrected chi connectivity index (χ4v) is 2.49. The van der Waals surface area contributed by atoms with E-state index in [4.69, 9.17) is 5.73 Å². The number of rotatable bonds is 6. The lowest BCUT2D eigenvalue weighted by Crippen LogP contribution is -2.36. The molecule has 0 spiro atoms. The molecule has 20 heavy (non-hydrogen) atoms. The van der Waals surface area contributed by atoms with Crippen molar-refractivity contribution in [1.29, 1.82) is 0 Å². The lowest BCUT2D eigenvalue weighted by atomic mass is 10.1. The van der Waals surface area contributed by atoms with E-state index in [1.54, 1.807) is 51.0 Å². The van der Waals surface area contributed by atoms with Crippen molar-refractivity contribution in [2.24, 2.45) is 0 Å². The maximum Gasteiger partial charge on any atom is 0.253 e. The lowest BCUT2D eigenvalue weighted by molar-refractivity contribution is 0.0827. The number of amides is 1. The molecule has 1 aromatic carbocycles. The smallest absolute Gasteiger partial charge is 0.253 e. The van der Waals surface area contributed by atoms with Gasteiger partial charge in [0.15, 0.2) is 0 Å². The third-order valence-corrected chi connectivity index (χ3v) is 3.73. The number of nitrogens with one attached hydrogen (secondary N) is 1. The summed E-state index contributed by atoms with van der Waals surface area (Å²) < 4.78 is 0. The molecule has 0 saturated carbocycles. The van der Waals surface area contributed by atoms with Crippen LogP contribution in [0, 0.1) is 0 Å². The first kappa shape index (κ1) is 16.7. The van der Waals surface area contributed by atoms with Gasteiger partial charge in [0.2, 0.25) is 0 Å². The van der Waals surface area contributed by atoms with Crippen LogP contribution in [0.25, 0.3) is 0 Å². The van der Waals surface area contributed by atoms with E-state index in [-0.39, 0.29) is 5.91 Å². The Morgan fingerprint density at radius 2 is 2.15 bits per heavy atom. The second-order valence-electron chi connectivity index (χ2n) is 5.29. The predicted molar refractivity (Wildman–Crippen MR) is 86.4 cm³/mol. The molecule has 0 aliphatic heterocycles. The van der Waals surface area contributed by atoms with Gasteiger partial charge in [-0.25, -0.2) is 0 Å². The molecule has 0 aliphatic rings. The van der Waals surface area contributed by atoms with Crippen LogP contribution in [-0.4, -0.2) is 54.2 Å². The molecule has 0 saturated heterocycles. The monoisotopic (exact) mass is 297 g/mol. The van der Waals surface area contributed by atoms with Crippen molar-refractivity contribution in [2.45, 2.75) is 12.5 Å². The van der Waals surface area contributed by atoms with Gasteiger partial charge in [-0.15, -0.1) is 0 Å². The van der Waals surface area contributed by atoms with Crippen LogP contribution in [0.1, 0.15) is 17.3 Å². The number of aliphatic hydroxyl groups is 1. The van der Waals surface area contributed by atoms with E-state index < -0.39 is 5.60 Å². The summed E-state index contributed by atoms with van der Waals surface area (Å²) in [6.45, 7) is 2.18. The molecule has 1 unspecified atom stereocenters. The van der Waals surface area contributed by atoms with Crippen LogP contribution >= 0.6 is 11.8 Å². The zero-order valence-corrected chi connectivity index (χ0v) is 13.3. The molecular formula is C14H23N3O2S. The number of benzene rings is 1. The van der Waals surface area contributed by atoms with E-state index in [0.29, 0.717) is 23.5 Å². The second-order valence-corrected chi connectivity index (χ2v) is 6.15. The fourth-order valence-electron chi connectivity index (χ4n) is 1.76. The fraction of sp³-hybridized carbons (Fsp3) is 0.500. The van der Waals surface area contributed by atoms with Crippen molar-refractivity contribution < 1.29 is 9.90 Å². The van der Waals surface area contributed by atoms with E-state index in [1.807, 2.05) is 6.26 Å². The Morgan fingerprint density at radius 3 is 2.65 bits per heavy atom. The molecule has 4 N–H and O–H groups in total. The standard InChI is InChI=1S/C14H23N3O2S/c1-14(19,9-20-4)8-16-12-6-5-10(7-11(12)15)13(18)17(2)3/h5-7,16,19H,8-9,15H2,1-4H3. The largest absolute Gasteiger partial charge is 0.397 e. The molecule has 6 heteroatoms. The summed E-state index contributed by atoms with van der Waals surface area (Å²) >= 11 is 1.59. The minimum Gasteiger partial charge on any atom is -0.397 e. The molecule has 1 rings (SSSR count). The summed E-state index contributed by atoms with van der Waals surface area (Å²) in [4.78, 5) is 13.3. The number of thioether (sulfide) groups is 1. The van der Waals surface area contributed by atoms with Gasteiger partial charge >= 0.3 is 0 Å². The third kappa shape index (κ3) is 4.61. The molecule has 112 valence electrons. The number of nitrogens with two attached hydrogens (primary N) is 1. The van der Waals surface area contributed by atoms with Crippen molar-refractivity contribution in [3.8, 4) is 0 Å². The summed E-state index contributed by atoms with van der Waals surface area (Å²) in [6.07, 6.45) is 1.95. The number of hydrogen-bond donors (Lipinski definition) is 3. The Balaban J connectivity index is 2.77. The normalized spacial score (nSPS) is 13.7. The van der Waals surface area contributed by atoms with E-state index >= 15 is 0 Å². The lowest BCUT2D eigenvalue weighted by Gasteiger charge is -2.23. The Morgan fingerprint density at radius 1 is 1.50 bits per heavy atom. The first-order valence-corrected chi connectivity index (χ1v) is 7.72. The van der Waals surface area contributed by atoms with Crippen LogP contribution in [0.2, 0.25) is 0 Å². The highest BCUT2D eigenvalue weighted by Gasteiger charge is 2.19. The van der Waals surface area contributed by atoms with Crippen molar-refractivity contribution in [3.05, 3.63) is 23.8 Å². The average Bonchev–Trinajstić information content (AvgIpc) is 2.36. The van der Waals surface area contributed by atoms with E-state index in [1.165, 1.54) is 4.90 Å². The number of carbonyl (C=O) groups excluding carboxylic acids is 1. The van der Waals surface area contributed by atoms with Gasteiger partial charge in [-0.3, -0.25) is 4.79 Å². The summed E-state index contributed by atoms with van der Waals surface area (Å²) in [5.41, 5.74) is 6.91. The Labute approximate surface area is 124 Å². The quantitative estimate of drug-likeness (QED) is 0.694. The predicted octanol–water partition coefficient (Wildman–Crippen LogP) is 1.50. The maximum absolute atomic E-state index is 11.8. The van der Waals surface area contributed by atoms with Crippen LogP contribution in [0.15, 0.2) is 18.2 Å². The molecule has 0 bridgehead atoms. The molecule has 0 aliphatic carbocycles. The first-order valence-electron chi connectivity index (χ1n) is 6.33. The van der Waals surface area contributed by atoms with Crippen molar-refractivity contribution in [1.82, 2.24) is 4.90 Å². The van der Waals surface area contributed by atoms with E-state index in [2.05, 4.69) is 5.32 Å². The topological polar surface area (TPSA) is 78.6 Å². The van der Waals surface area contributed by atoms with Gasteiger partial charge in [-0.2, -0.15) is 11.8 Å². The highest BCUT2D eigenvalue weighted by molar-refractivity contribution is 7.98. The van der Waals surface area contributed by atoms with Crippen LogP contribution in [-0.2, 0) is 0 Å². The second kappa shape index (κ2) is 6.85. The van der Waals surface area contributed by atoms with Gasteiger partial charge in [0, 0.05) is 32.0 Å². The van der Waals surface area contributed by atoms with Crippen LogP contribution in [0.3, 0.4) is 0 Å². The van der Waals surface area contributed by atoms with Gasteiger partial charge < -0.3 is 21.1 Å². The molecule has 0 radical (unpaired) electrons. The minimum atomic E-state index is -0.802. The summed E-state index contributed by atoms with van der Waals surface area (Å²) in [5, 5.41) is 13.2. The van der Waals surface area contributed by atoms with Gasteiger partial charge in [0.1, 0.15) is 0 Å². The molecular weight excluding hydrogens is 274 g/mol. The number of anilines is 2. The molecule has 0 aromatic heterocycles. The third-order valence-electron chi connectivity index (χ3n) is 2.82. The maximum atomic E-state index is 11.8. The Hall–Kier alpha value is -1.40. The van der Waals surface area contributed by atoms with E-state index in [9.17, 15) is 9.90 Å². The molecule has 0 heterocycles. The molecule has 1 amide bonds. The number of nitrogen functional groups attached to an aromatic ring is 1. The molecule has 0 fully saturated rings. The average molecular weight is 297 g/mol. The summed E-state index contributed by atoms with van der Waals surface area (Å²) in [7, 11) is 3.40. The highest BCUT2D eigenvalue weighted by atomic mass is 32.2. The SMILES string of the molecule is CSCC(C)(O)CNc1ccc(C(=O)N(C)C)cc1N. The van der Waals surface area contributed by atoms with Crippen LogP contribution in [0.4, 0.5) is 11.4 Å². The van der Waals surface area contributed by atoms with Crippen molar-refractivity contribution in [2.75, 3.05) is 43.7 Å². The zero-order valence-electron chi connectivity index (χ0n) is 12.4. The van der Waals surface area contributed by atoms with Crippen molar-refractivity contribution in [3.63, 3.8) is 0 Å². The number of hydrogen-bond acceptors (Lipinski definition) is 5. The summed E-state index contributed by atoms with van der Waals surface area (Å²) in [5.74, 6) is 0.550. The van der Waals surface area contributed by atoms with Gasteiger partial charge in [0.05, 0.1) is 17.0 Å². The van der Waals surface area contributed by atoms with Gasteiger partial charge in [0.25, 0.3) is 5.91 Å².